The number of hydrogen-bond acceptors (Lipinski definition) is 6. The molecule has 0 fully saturated rings. The Morgan fingerprint density at radius 1 is 1.29 bits per heavy atom. The van der Waals surface area contributed by atoms with E-state index in [1.165, 1.54) is 6.33 Å². The number of benzene rings is 1. The van der Waals surface area contributed by atoms with Gasteiger partial charge in [-0.3, -0.25) is 0 Å². The van der Waals surface area contributed by atoms with Crippen LogP contribution in [-0.2, 0) is 6.54 Å². The second kappa shape index (κ2) is 8.18. The van der Waals surface area contributed by atoms with E-state index in [1.54, 1.807) is 19.4 Å². The molecule has 1 aromatic heterocycles. The van der Waals surface area contributed by atoms with Gasteiger partial charge in [0.05, 0.1) is 12.8 Å². The molecule has 0 bridgehead atoms. The summed E-state index contributed by atoms with van der Waals surface area (Å²) in [7, 11) is 1.60. The van der Waals surface area contributed by atoms with E-state index in [2.05, 4.69) is 15.3 Å². The van der Waals surface area contributed by atoms with Crippen molar-refractivity contribution in [1.29, 1.82) is 0 Å². The quantitative estimate of drug-likeness (QED) is 0.755. The Labute approximate surface area is 123 Å². The Kier molecular flexibility index (Phi) is 5.93. The lowest BCUT2D eigenvalue weighted by Crippen LogP contribution is -2.31. The molecule has 1 unspecified atom stereocenters. The molecule has 2 N–H and O–H groups in total. The minimum Gasteiger partial charge on any atom is -0.497 e. The van der Waals surface area contributed by atoms with E-state index in [0.29, 0.717) is 18.8 Å². The Bertz CT molecular complexity index is 537. The van der Waals surface area contributed by atoms with Gasteiger partial charge in [-0.2, -0.15) is 0 Å². The van der Waals surface area contributed by atoms with Gasteiger partial charge < -0.3 is 19.9 Å². The van der Waals surface area contributed by atoms with E-state index in [4.69, 9.17) is 9.47 Å². The first-order valence-corrected chi connectivity index (χ1v) is 6.68. The fourth-order valence-corrected chi connectivity index (χ4v) is 1.73. The molecule has 112 valence electrons. The van der Waals surface area contributed by atoms with E-state index in [0.717, 1.165) is 11.4 Å². The van der Waals surface area contributed by atoms with Crippen molar-refractivity contribution in [2.24, 2.45) is 0 Å². The van der Waals surface area contributed by atoms with Crippen LogP contribution in [-0.4, -0.2) is 41.4 Å². The summed E-state index contributed by atoms with van der Waals surface area (Å²) in [6, 6.07) is 9.11. The largest absolute Gasteiger partial charge is 0.497 e. The van der Waals surface area contributed by atoms with E-state index < -0.39 is 6.10 Å². The van der Waals surface area contributed by atoms with Crippen molar-refractivity contribution >= 4 is 0 Å². The topological polar surface area (TPSA) is 76.5 Å². The van der Waals surface area contributed by atoms with Crippen LogP contribution in [0.1, 0.15) is 5.69 Å². The first-order valence-electron chi connectivity index (χ1n) is 6.68. The highest BCUT2D eigenvalue weighted by molar-refractivity contribution is 5.32. The lowest BCUT2D eigenvalue weighted by molar-refractivity contribution is 0.106. The van der Waals surface area contributed by atoms with Gasteiger partial charge in [0.2, 0.25) is 0 Å². The molecule has 6 heteroatoms. The zero-order valence-electron chi connectivity index (χ0n) is 11.9. The molecule has 1 heterocycles. The van der Waals surface area contributed by atoms with Gasteiger partial charge in [-0.1, -0.05) is 6.07 Å². The molecule has 0 aliphatic carbocycles. The van der Waals surface area contributed by atoms with Crippen molar-refractivity contribution in [3.05, 3.63) is 48.5 Å². The molecule has 0 saturated heterocycles. The van der Waals surface area contributed by atoms with Crippen LogP contribution in [0.5, 0.6) is 11.5 Å². The number of nitrogens with one attached hydrogen (secondary N) is 1. The van der Waals surface area contributed by atoms with Crippen molar-refractivity contribution in [3.63, 3.8) is 0 Å². The summed E-state index contributed by atoms with van der Waals surface area (Å²) < 4.78 is 10.6. The lowest BCUT2D eigenvalue weighted by Gasteiger charge is -2.13. The third-order valence-electron chi connectivity index (χ3n) is 2.81. The van der Waals surface area contributed by atoms with E-state index >= 15 is 0 Å². The van der Waals surface area contributed by atoms with Crippen molar-refractivity contribution in [1.82, 2.24) is 15.3 Å². The van der Waals surface area contributed by atoms with Gasteiger partial charge in [-0.25, -0.2) is 9.97 Å². The van der Waals surface area contributed by atoms with Gasteiger partial charge in [0.15, 0.2) is 0 Å². The molecule has 0 amide bonds. The number of methoxy groups -OCH3 is 1. The van der Waals surface area contributed by atoms with E-state index in [-0.39, 0.29) is 6.61 Å². The average Bonchev–Trinajstić information content (AvgIpc) is 2.54. The highest BCUT2D eigenvalue weighted by atomic mass is 16.5. The van der Waals surface area contributed by atoms with Crippen molar-refractivity contribution < 1.29 is 14.6 Å². The Balaban J connectivity index is 1.68. The SMILES string of the molecule is COc1cccc(OCC(O)CNCc2ccncn2)c1. The van der Waals surface area contributed by atoms with Crippen molar-refractivity contribution in [3.8, 4) is 11.5 Å². The van der Waals surface area contributed by atoms with Crippen LogP contribution in [0.3, 0.4) is 0 Å². The Morgan fingerprint density at radius 2 is 2.14 bits per heavy atom. The van der Waals surface area contributed by atoms with Gasteiger partial charge in [0, 0.05) is 25.4 Å². The third-order valence-corrected chi connectivity index (χ3v) is 2.81. The summed E-state index contributed by atoms with van der Waals surface area (Å²) in [5, 5.41) is 13.0. The van der Waals surface area contributed by atoms with Crippen LogP contribution in [0.25, 0.3) is 0 Å². The molecule has 1 atom stereocenters. The summed E-state index contributed by atoms with van der Waals surface area (Å²) in [4.78, 5) is 7.94. The predicted octanol–water partition coefficient (Wildman–Crippen LogP) is 1.01. The number of aliphatic hydroxyl groups excluding tert-OH is 1. The van der Waals surface area contributed by atoms with E-state index in [1.807, 2.05) is 24.3 Å². The minimum atomic E-state index is -0.599. The summed E-state index contributed by atoms with van der Waals surface area (Å²) in [5.74, 6) is 1.40. The molecule has 0 radical (unpaired) electrons. The van der Waals surface area contributed by atoms with Crippen LogP contribution >= 0.6 is 0 Å². The lowest BCUT2D eigenvalue weighted by atomic mass is 10.3. The summed E-state index contributed by atoms with van der Waals surface area (Å²) >= 11 is 0. The van der Waals surface area contributed by atoms with Crippen molar-refractivity contribution in [2.45, 2.75) is 12.6 Å². The van der Waals surface area contributed by atoms with Crippen molar-refractivity contribution in [2.75, 3.05) is 20.3 Å². The fourth-order valence-electron chi connectivity index (χ4n) is 1.73. The minimum absolute atomic E-state index is 0.212. The molecule has 6 nitrogen and oxygen atoms in total. The molecule has 2 rings (SSSR count). The molecule has 0 spiro atoms. The summed E-state index contributed by atoms with van der Waals surface area (Å²) in [6.45, 7) is 1.22. The van der Waals surface area contributed by atoms with Crippen LogP contribution in [0.2, 0.25) is 0 Å². The number of nitrogens with zero attached hydrogens (tertiary/aromatic N) is 2. The molecular formula is C15H19N3O3. The molecule has 0 saturated carbocycles. The molecular weight excluding hydrogens is 270 g/mol. The summed E-state index contributed by atoms with van der Waals surface area (Å²) in [6.07, 6.45) is 2.59. The maximum Gasteiger partial charge on any atom is 0.123 e. The van der Waals surface area contributed by atoms with Crippen LogP contribution in [0, 0.1) is 0 Å². The molecule has 2 aromatic rings. The highest BCUT2D eigenvalue weighted by Gasteiger charge is 2.06. The number of ether oxygens (including phenoxy) is 2. The smallest absolute Gasteiger partial charge is 0.123 e. The number of aromatic nitrogens is 2. The second-order valence-corrected chi connectivity index (χ2v) is 4.48. The first kappa shape index (κ1) is 15.2. The third kappa shape index (κ3) is 5.37. The van der Waals surface area contributed by atoms with Crippen LogP contribution < -0.4 is 14.8 Å². The van der Waals surface area contributed by atoms with Gasteiger partial charge in [0.1, 0.15) is 30.5 Å². The Morgan fingerprint density at radius 3 is 2.90 bits per heavy atom. The molecule has 1 aromatic carbocycles. The number of hydrogen-bond donors (Lipinski definition) is 2. The van der Waals surface area contributed by atoms with E-state index in [9.17, 15) is 5.11 Å². The standard InChI is InChI=1S/C15H19N3O3/c1-20-14-3-2-4-15(7-14)21-10-13(19)9-17-8-12-5-6-16-11-18-12/h2-7,11,13,17,19H,8-10H2,1H3. The van der Waals surface area contributed by atoms with Gasteiger partial charge in [0.25, 0.3) is 0 Å². The monoisotopic (exact) mass is 289 g/mol. The first-order chi connectivity index (χ1) is 10.3. The molecule has 0 aliphatic rings. The maximum absolute atomic E-state index is 9.86. The zero-order chi connectivity index (χ0) is 14.9. The van der Waals surface area contributed by atoms with Crippen LogP contribution in [0.15, 0.2) is 42.9 Å². The van der Waals surface area contributed by atoms with Crippen LogP contribution in [0.4, 0.5) is 0 Å². The van der Waals surface area contributed by atoms with Gasteiger partial charge in [-0.05, 0) is 18.2 Å². The second-order valence-electron chi connectivity index (χ2n) is 4.48. The molecule has 21 heavy (non-hydrogen) atoms. The average molecular weight is 289 g/mol. The normalized spacial score (nSPS) is 11.9. The highest BCUT2D eigenvalue weighted by Crippen LogP contribution is 2.18. The molecule has 0 aliphatic heterocycles. The number of rotatable bonds is 8. The predicted molar refractivity (Wildman–Crippen MR) is 78.2 cm³/mol. The summed E-state index contributed by atoms with van der Waals surface area (Å²) in [5.41, 5.74) is 0.880. The zero-order valence-corrected chi connectivity index (χ0v) is 11.9. The van der Waals surface area contributed by atoms with Gasteiger partial charge in [-0.15, -0.1) is 0 Å². The number of aliphatic hydroxyl groups is 1. The maximum atomic E-state index is 9.86. The fraction of sp³-hybridized carbons (Fsp3) is 0.333. The Hall–Kier alpha value is -2.18. The van der Waals surface area contributed by atoms with Gasteiger partial charge >= 0.3 is 0 Å².